The number of ether oxygens (including phenoxy) is 2. The van der Waals surface area contributed by atoms with Crippen molar-refractivity contribution in [2.45, 2.75) is 70.7 Å². The molecule has 0 saturated carbocycles. The first kappa shape index (κ1) is 28.2. The topological polar surface area (TPSA) is 57.2 Å². The van der Waals surface area contributed by atoms with Crippen molar-refractivity contribution in [3.8, 4) is 0 Å². The molecular formula is C35H37O5P. The summed E-state index contributed by atoms with van der Waals surface area (Å²) < 4.78 is 27.8. The van der Waals surface area contributed by atoms with Crippen LogP contribution in [0, 0.1) is 27.7 Å². The molecule has 6 heteroatoms. The summed E-state index contributed by atoms with van der Waals surface area (Å²) in [5.74, 6) is -0.967. The molecule has 5 nitrogen and oxygen atoms in total. The molecule has 2 unspecified atom stereocenters. The molecule has 4 aromatic carbocycles. The second kappa shape index (κ2) is 10.4. The third-order valence-corrected chi connectivity index (χ3v) is 9.41. The summed E-state index contributed by atoms with van der Waals surface area (Å²) in [5, 5.41) is 0. The first-order valence-electron chi connectivity index (χ1n) is 14.1. The molecule has 2 aliphatic rings. The highest BCUT2D eigenvalue weighted by Gasteiger charge is 2.67. The lowest BCUT2D eigenvalue weighted by Gasteiger charge is -2.43. The number of fused-ring (bicyclic) bond motifs is 1. The van der Waals surface area contributed by atoms with Crippen LogP contribution in [0.4, 0.5) is 0 Å². The molecule has 2 saturated heterocycles. The van der Waals surface area contributed by atoms with Gasteiger partial charge >= 0.3 is 8.60 Å². The lowest BCUT2D eigenvalue weighted by atomic mass is 9.69. The molecule has 0 aromatic heterocycles. The Hall–Kier alpha value is -2.89. The summed E-state index contributed by atoms with van der Waals surface area (Å²) in [5.41, 5.74) is 5.22. The van der Waals surface area contributed by atoms with Crippen LogP contribution in [0.3, 0.4) is 0 Å². The van der Waals surface area contributed by atoms with E-state index in [0.29, 0.717) is 0 Å². The van der Waals surface area contributed by atoms with Gasteiger partial charge in [0.05, 0.1) is 0 Å². The van der Waals surface area contributed by atoms with Crippen molar-refractivity contribution in [1.29, 1.82) is 0 Å². The maximum absolute atomic E-state index is 12.0. The molecule has 4 aromatic rings. The van der Waals surface area contributed by atoms with Crippen LogP contribution in [0.2, 0.25) is 0 Å². The molecule has 41 heavy (non-hydrogen) atoms. The van der Waals surface area contributed by atoms with Gasteiger partial charge in [-0.1, -0.05) is 97.1 Å². The van der Waals surface area contributed by atoms with Gasteiger partial charge in [0.15, 0.2) is 17.0 Å². The molecule has 1 N–H and O–H groups in total. The van der Waals surface area contributed by atoms with Crippen molar-refractivity contribution in [1.82, 2.24) is 0 Å². The van der Waals surface area contributed by atoms with E-state index in [1.807, 2.05) is 62.4 Å². The monoisotopic (exact) mass is 568 g/mol. The average Bonchev–Trinajstić information content (AvgIpc) is 3.23. The van der Waals surface area contributed by atoms with E-state index in [-0.39, 0.29) is 0 Å². The van der Waals surface area contributed by atoms with Crippen molar-refractivity contribution in [3.05, 3.63) is 142 Å². The fraction of sp³-hybridized carbons (Fsp3) is 0.314. The minimum Gasteiger partial charge on any atom is -0.341 e. The Labute approximate surface area is 244 Å². The van der Waals surface area contributed by atoms with Gasteiger partial charge in [-0.2, -0.15) is 0 Å². The van der Waals surface area contributed by atoms with E-state index in [0.717, 1.165) is 44.5 Å². The molecule has 2 fully saturated rings. The van der Waals surface area contributed by atoms with Crippen molar-refractivity contribution in [2.75, 3.05) is 0 Å². The van der Waals surface area contributed by atoms with E-state index in [2.05, 4.69) is 76.2 Å². The van der Waals surface area contributed by atoms with Crippen LogP contribution in [0.25, 0.3) is 0 Å². The number of hydrogen-bond acceptors (Lipinski definition) is 5. The highest BCUT2D eigenvalue weighted by Crippen LogP contribution is 2.64. The lowest BCUT2D eigenvalue weighted by molar-refractivity contribution is -0.176. The Morgan fingerprint density at radius 1 is 0.512 bits per heavy atom. The van der Waals surface area contributed by atoms with Gasteiger partial charge in [0, 0.05) is 0 Å². The molecule has 0 spiro atoms. The Kier molecular flexibility index (Phi) is 7.18. The van der Waals surface area contributed by atoms with E-state index in [1.54, 1.807) is 0 Å². The Balaban J connectivity index is 1.75. The quantitative estimate of drug-likeness (QED) is 0.254. The van der Waals surface area contributed by atoms with E-state index in [9.17, 15) is 4.89 Å². The number of rotatable bonds is 4. The maximum Gasteiger partial charge on any atom is 0.332 e. The standard InChI is InChI=1S/C35H37O5P/c1-23-15-7-11-19-27(23)34(28-20-12-8-16-24(28)2)31-32(38-33(5,6)37-31)35(40-41(36)39-34,29-21-13-9-17-25(29)3)30-22-14-10-18-26(30)4/h7-22,31-32,36H,1-6H3. The maximum atomic E-state index is 12.0. The van der Waals surface area contributed by atoms with Crippen molar-refractivity contribution in [2.24, 2.45) is 0 Å². The Morgan fingerprint density at radius 2 is 0.780 bits per heavy atom. The first-order valence-corrected chi connectivity index (χ1v) is 15.2. The van der Waals surface area contributed by atoms with E-state index >= 15 is 0 Å². The summed E-state index contributed by atoms with van der Waals surface area (Å²) in [7, 11) is -2.45. The van der Waals surface area contributed by atoms with Crippen LogP contribution >= 0.6 is 8.60 Å². The molecule has 6 rings (SSSR count). The summed E-state index contributed by atoms with van der Waals surface area (Å²) in [6.45, 7) is 12.1. The van der Waals surface area contributed by atoms with E-state index < -0.39 is 37.8 Å². The highest BCUT2D eigenvalue weighted by atomic mass is 31.2. The van der Waals surface area contributed by atoms with Gasteiger partial charge in [-0.25, -0.2) is 0 Å². The molecule has 2 atom stereocenters. The van der Waals surface area contributed by atoms with Crippen molar-refractivity contribution < 1.29 is 23.4 Å². The fourth-order valence-corrected chi connectivity index (χ4v) is 7.91. The molecule has 2 heterocycles. The summed E-state index contributed by atoms with van der Waals surface area (Å²) in [6.07, 6.45) is -1.39. The average molecular weight is 569 g/mol. The predicted octanol–water partition coefficient (Wildman–Crippen LogP) is 7.89. The number of benzene rings is 4. The minimum absolute atomic E-state index is 0.696. The van der Waals surface area contributed by atoms with Gasteiger partial charge < -0.3 is 14.4 Å². The molecule has 212 valence electrons. The smallest absolute Gasteiger partial charge is 0.332 e. The van der Waals surface area contributed by atoms with Crippen LogP contribution in [0.5, 0.6) is 0 Å². The normalized spacial score (nSPS) is 24.4. The van der Waals surface area contributed by atoms with Gasteiger partial charge in [0.2, 0.25) is 0 Å². The van der Waals surface area contributed by atoms with Crippen LogP contribution in [-0.4, -0.2) is 22.9 Å². The van der Waals surface area contributed by atoms with Crippen LogP contribution in [0.1, 0.15) is 58.4 Å². The second-order valence-electron chi connectivity index (χ2n) is 11.6. The van der Waals surface area contributed by atoms with Crippen LogP contribution in [0.15, 0.2) is 97.1 Å². The zero-order valence-electron chi connectivity index (χ0n) is 24.4. The molecule has 0 amide bonds. The summed E-state index contributed by atoms with van der Waals surface area (Å²) in [6, 6.07) is 32.6. The van der Waals surface area contributed by atoms with Gasteiger partial charge in [-0.15, -0.1) is 0 Å². The SMILES string of the molecule is Cc1ccccc1C1(c2ccccc2C)OP(O)OC(c2ccccc2C)(c2ccccc2C)C2OC(C)(C)OC21. The van der Waals surface area contributed by atoms with E-state index in [1.165, 1.54) is 0 Å². The van der Waals surface area contributed by atoms with Gasteiger partial charge in [0.1, 0.15) is 12.2 Å². The molecular weight excluding hydrogens is 531 g/mol. The second-order valence-corrected chi connectivity index (χ2v) is 12.5. The number of hydrogen-bond donors (Lipinski definition) is 1. The largest absolute Gasteiger partial charge is 0.341 e. The fourth-order valence-electron chi connectivity index (χ4n) is 6.78. The summed E-state index contributed by atoms with van der Waals surface area (Å²) >= 11 is 0. The minimum atomic E-state index is -2.45. The van der Waals surface area contributed by atoms with Gasteiger partial charge in [-0.05, 0) is 86.1 Å². The lowest BCUT2D eigenvalue weighted by Crippen LogP contribution is -2.54. The number of aryl methyl sites for hydroxylation is 4. The predicted molar refractivity (Wildman–Crippen MR) is 161 cm³/mol. The molecule has 0 bridgehead atoms. The van der Waals surface area contributed by atoms with Crippen molar-refractivity contribution >= 4 is 8.60 Å². The highest BCUT2D eigenvalue weighted by molar-refractivity contribution is 7.40. The molecule has 2 aliphatic heterocycles. The van der Waals surface area contributed by atoms with E-state index in [4.69, 9.17) is 18.5 Å². The van der Waals surface area contributed by atoms with Gasteiger partial charge in [-0.3, -0.25) is 9.05 Å². The third kappa shape index (κ3) is 4.47. The zero-order chi connectivity index (χ0) is 29.0. The zero-order valence-corrected chi connectivity index (χ0v) is 25.3. The molecule has 0 radical (unpaired) electrons. The molecule has 0 aliphatic carbocycles. The van der Waals surface area contributed by atoms with Crippen LogP contribution in [-0.2, 0) is 29.7 Å². The summed E-state index contributed by atoms with van der Waals surface area (Å²) in [4.78, 5) is 12.0. The Morgan fingerprint density at radius 3 is 1.05 bits per heavy atom. The van der Waals surface area contributed by atoms with Crippen molar-refractivity contribution in [3.63, 3.8) is 0 Å². The first-order chi connectivity index (χ1) is 19.6. The third-order valence-electron chi connectivity index (χ3n) is 8.52. The van der Waals surface area contributed by atoms with Crippen LogP contribution < -0.4 is 0 Å². The van der Waals surface area contributed by atoms with Gasteiger partial charge in [0.25, 0.3) is 0 Å². The Bertz CT molecular complexity index is 1370.